The number of likely N-dealkylation sites (tertiary alicyclic amines) is 2. The molecule has 0 saturated carbocycles. The van der Waals surface area contributed by atoms with E-state index in [1.165, 1.54) is 12.8 Å². The van der Waals surface area contributed by atoms with Crippen molar-refractivity contribution in [3.63, 3.8) is 0 Å². The summed E-state index contributed by atoms with van der Waals surface area (Å²) in [5.41, 5.74) is -0.485. The van der Waals surface area contributed by atoms with E-state index in [1.807, 2.05) is 6.92 Å². The first-order valence-electron chi connectivity index (χ1n) is 7.23. The molecular weight excluding hydrogens is 228 g/mol. The van der Waals surface area contributed by atoms with Gasteiger partial charge in [-0.05, 0) is 58.8 Å². The monoisotopic (exact) mass is 254 g/mol. The maximum atomic E-state index is 11.6. The Morgan fingerprint density at radius 3 is 2.56 bits per heavy atom. The average Bonchev–Trinajstić information content (AvgIpc) is 2.39. The van der Waals surface area contributed by atoms with Crippen LogP contribution >= 0.6 is 0 Å². The van der Waals surface area contributed by atoms with E-state index in [1.54, 1.807) is 0 Å². The Labute approximate surface area is 110 Å². The van der Waals surface area contributed by atoms with E-state index >= 15 is 0 Å². The van der Waals surface area contributed by atoms with Crippen LogP contribution in [0.5, 0.6) is 0 Å². The maximum absolute atomic E-state index is 11.6. The van der Waals surface area contributed by atoms with Gasteiger partial charge in [-0.25, -0.2) is 0 Å². The molecule has 2 heterocycles. The zero-order valence-electron chi connectivity index (χ0n) is 11.7. The average molecular weight is 254 g/mol. The summed E-state index contributed by atoms with van der Waals surface area (Å²) in [6, 6.07) is 0.603. The summed E-state index contributed by atoms with van der Waals surface area (Å²) in [7, 11) is 2.17. The van der Waals surface area contributed by atoms with Crippen molar-refractivity contribution in [3.05, 3.63) is 0 Å². The minimum Gasteiger partial charge on any atom is -0.481 e. The Balaban J connectivity index is 2.00. The molecule has 104 valence electrons. The number of hydrogen-bond acceptors (Lipinski definition) is 3. The van der Waals surface area contributed by atoms with E-state index in [4.69, 9.17) is 0 Å². The summed E-state index contributed by atoms with van der Waals surface area (Å²) >= 11 is 0. The number of nitrogens with zero attached hydrogens (tertiary/aromatic N) is 2. The smallest absolute Gasteiger partial charge is 0.310 e. The lowest BCUT2D eigenvalue weighted by atomic mass is 9.77. The second-order valence-corrected chi connectivity index (χ2v) is 6.05. The van der Waals surface area contributed by atoms with Gasteiger partial charge in [0.2, 0.25) is 0 Å². The third kappa shape index (κ3) is 2.69. The Kier molecular flexibility index (Phi) is 4.28. The fourth-order valence-electron chi connectivity index (χ4n) is 3.45. The van der Waals surface area contributed by atoms with Crippen molar-refractivity contribution < 1.29 is 9.90 Å². The van der Waals surface area contributed by atoms with Gasteiger partial charge in [0, 0.05) is 12.6 Å². The number of carboxylic acids is 1. The maximum Gasteiger partial charge on any atom is 0.310 e. The minimum absolute atomic E-state index is 0.485. The molecule has 0 aromatic carbocycles. The number of aliphatic carboxylic acids is 1. The molecule has 18 heavy (non-hydrogen) atoms. The second kappa shape index (κ2) is 5.57. The summed E-state index contributed by atoms with van der Waals surface area (Å²) in [6.45, 7) is 6.16. The standard InChI is InChI=1S/C14H26N2O2/c1-3-14(13(17)18)7-4-8-16(11-14)12-5-9-15(2)10-6-12/h12H,3-11H2,1-2H3,(H,17,18). The van der Waals surface area contributed by atoms with Gasteiger partial charge in [-0.15, -0.1) is 0 Å². The molecule has 0 spiro atoms. The molecule has 1 unspecified atom stereocenters. The van der Waals surface area contributed by atoms with Gasteiger partial charge in [-0.2, -0.15) is 0 Å². The molecule has 2 aliphatic rings. The molecule has 0 aromatic heterocycles. The molecule has 2 aliphatic heterocycles. The SMILES string of the molecule is CCC1(C(=O)O)CCCN(C2CCN(C)CC2)C1. The Morgan fingerprint density at radius 2 is 2.00 bits per heavy atom. The lowest BCUT2D eigenvalue weighted by Crippen LogP contribution is -2.53. The zero-order chi connectivity index (χ0) is 13.2. The van der Waals surface area contributed by atoms with Gasteiger partial charge in [0.1, 0.15) is 0 Å². The first-order chi connectivity index (χ1) is 8.57. The van der Waals surface area contributed by atoms with Crippen LogP contribution in [0, 0.1) is 5.41 Å². The van der Waals surface area contributed by atoms with Gasteiger partial charge in [0.25, 0.3) is 0 Å². The van der Waals surface area contributed by atoms with Gasteiger partial charge >= 0.3 is 5.97 Å². The predicted molar refractivity (Wildman–Crippen MR) is 71.7 cm³/mol. The van der Waals surface area contributed by atoms with Crippen LogP contribution in [0.15, 0.2) is 0 Å². The van der Waals surface area contributed by atoms with E-state index < -0.39 is 11.4 Å². The van der Waals surface area contributed by atoms with Crippen molar-refractivity contribution in [2.75, 3.05) is 33.2 Å². The molecular formula is C14H26N2O2. The first-order valence-corrected chi connectivity index (χ1v) is 7.23. The lowest BCUT2D eigenvalue weighted by molar-refractivity contribution is -0.153. The predicted octanol–water partition coefficient (Wildman–Crippen LogP) is 1.66. The zero-order valence-corrected chi connectivity index (χ0v) is 11.7. The highest BCUT2D eigenvalue weighted by Crippen LogP contribution is 2.35. The highest BCUT2D eigenvalue weighted by Gasteiger charge is 2.42. The van der Waals surface area contributed by atoms with Crippen LogP contribution in [-0.4, -0.2) is 60.1 Å². The molecule has 0 aliphatic carbocycles. The third-order valence-corrected chi connectivity index (χ3v) is 4.94. The molecule has 1 atom stereocenters. The molecule has 4 nitrogen and oxygen atoms in total. The molecule has 2 saturated heterocycles. The van der Waals surface area contributed by atoms with E-state index in [0.717, 1.165) is 45.4 Å². The molecule has 0 radical (unpaired) electrons. The normalized spacial score (nSPS) is 32.6. The second-order valence-electron chi connectivity index (χ2n) is 6.05. The van der Waals surface area contributed by atoms with Crippen LogP contribution in [0.1, 0.15) is 39.0 Å². The lowest BCUT2D eigenvalue weighted by Gasteiger charge is -2.45. The van der Waals surface area contributed by atoms with Crippen molar-refractivity contribution >= 4 is 5.97 Å². The molecule has 0 amide bonds. The van der Waals surface area contributed by atoms with Crippen LogP contribution in [0.25, 0.3) is 0 Å². The summed E-state index contributed by atoms with van der Waals surface area (Å²) in [5.74, 6) is -0.595. The summed E-state index contributed by atoms with van der Waals surface area (Å²) < 4.78 is 0. The van der Waals surface area contributed by atoms with E-state index in [2.05, 4.69) is 16.8 Å². The molecule has 0 aromatic rings. The summed E-state index contributed by atoms with van der Waals surface area (Å²) in [5, 5.41) is 9.51. The van der Waals surface area contributed by atoms with Gasteiger partial charge in [0.15, 0.2) is 0 Å². The fraction of sp³-hybridized carbons (Fsp3) is 0.929. The van der Waals surface area contributed by atoms with Crippen LogP contribution in [0.2, 0.25) is 0 Å². The van der Waals surface area contributed by atoms with Crippen molar-refractivity contribution in [1.29, 1.82) is 0 Å². The van der Waals surface area contributed by atoms with Gasteiger partial charge < -0.3 is 10.0 Å². The highest BCUT2D eigenvalue weighted by atomic mass is 16.4. The number of piperidine rings is 2. The van der Waals surface area contributed by atoms with Gasteiger partial charge in [-0.3, -0.25) is 9.69 Å². The Morgan fingerprint density at radius 1 is 1.33 bits per heavy atom. The third-order valence-electron chi connectivity index (χ3n) is 4.94. The van der Waals surface area contributed by atoms with Gasteiger partial charge in [-0.1, -0.05) is 6.92 Å². The number of carbonyl (C=O) groups is 1. The van der Waals surface area contributed by atoms with Crippen LogP contribution in [0.4, 0.5) is 0 Å². The number of carboxylic acid groups (broad SMARTS) is 1. The largest absolute Gasteiger partial charge is 0.481 e. The summed E-state index contributed by atoms with van der Waals surface area (Å²) in [6.07, 6.45) is 5.02. The fourth-order valence-corrected chi connectivity index (χ4v) is 3.45. The quantitative estimate of drug-likeness (QED) is 0.832. The Bertz CT molecular complexity index is 300. The van der Waals surface area contributed by atoms with Crippen molar-refractivity contribution in [2.24, 2.45) is 5.41 Å². The molecule has 2 rings (SSSR count). The highest BCUT2D eigenvalue weighted by molar-refractivity contribution is 5.75. The van der Waals surface area contributed by atoms with E-state index in [9.17, 15) is 9.90 Å². The van der Waals surface area contributed by atoms with Crippen molar-refractivity contribution in [2.45, 2.75) is 45.1 Å². The van der Waals surface area contributed by atoms with Crippen LogP contribution < -0.4 is 0 Å². The van der Waals surface area contributed by atoms with Gasteiger partial charge in [0.05, 0.1) is 5.41 Å². The number of hydrogen-bond donors (Lipinski definition) is 1. The Hall–Kier alpha value is -0.610. The number of rotatable bonds is 3. The summed E-state index contributed by atoms with van der Waals surface area (Å²) in [4.78, 5) is 16.4. The van der Waals surface area contributed by atoms with Crippen LogP contribution in [0.3, 0.4) is 0 Å². The molecule has 1 N–H and O–H groups in total. The molecule has 0 bridgehead atoms. The minimum atomic E-state index is -0.595. The van der Waals surface area contributed by atoms with E-state index in [-0.39, 0.29) is 0 Å². The van der Waals surface area contributed by atoms with Crippen molar-refractivity contribution in [3.8, 4) is 0 Å². The van der Waals surface area contributed by atoms with Crippen molar-refractivity contribution in [1.82, 2.24) is 9.80 Å². The molecule has 4 heteroatoms. The van der Waals surface area contributed by atoms with Crippen LogP contribution in [-0.2, 0) is 4.79 Å². The first kappa shape index (κ1) is 13.8. The topological polar surface area (TPSA) is 43.8 Å². The molecule has 2 fully saturated rings. The van der Waals surface area contributed by atoms with E-state index in [0.29, 0.717) is 6.04 Å².